The van der Waals surface area contributed by atoms with Crippen molar-refractivity contribution < 1.29 is 4.42 Å². The second-order valence-corrected chi connectivity index (χ2v) is 16.1. The first-order valence-corrected chi connectivity index (χ1v) is 21.2. The van der Waals surface area contributed by atoms with Crippen molar-refractivity contribution in [1.82, 2.24) is 19.9 Å². The van der Waals surface area contributed by atoms with Crippen molar-refractivity contribution >= 4 is 75.9 Å². The molecule has 13 rings (SSSR count). The van der Waals surface area contributed by atoms with Crippen LogP contribution in [0, 0.1) is 0 Å². The van der Waals surface area contributed by atoms with Gasteiger partial charge >= 0.3 is 0 Å². The van der Waals surface area contributed by atoms with Crippen molar-refractivity contribution in [2.45, 2.75) is 0 Å². The average Bonchev–Trinajstić information content (AvgIpc) is 3.74. The molecule has 0 bridgehead atoms. The fraction of sp³-hybridized carbons (Fsp3) is 0. The van der Waals surface area contributed by atoms with Crippen LogP contribution in [0.4, 0.5) is 0 Å². The fourth-order valence-corrected chi connectivity index (χ4v) is 9.63. The molecule has 0 saturated carbocycles. The Kier molecular flexibility index (Phi) is 7.84. The minimum absolute atomic E-state index is 0.598. The van der Waals surface area contributed by atoms with Crippen LogP contribution in [0.25, 0.3) is 132 Å². The molecule has 0 saturated heterocycles. The molecule has 3 heterocycles. The van der Waals surface area contributed by atoms with E-state index in [-0.39, 0.29) is 0 Å². The monoisotopic (exact) mass is 802 g/mol. The first kappa shape index (κ1) is 35.2. The second-order valence-electron chi connectivity index (χ2n) is 16.1. The van der Waals surface area contributed by atoms with Gasteiger partial charge in [0.05, 0.1) is 11.2 Å². The zero-order valence-corrected chi connectivity index (χ0v) is 33.8. The highest BCUT2D eigenvalue weighted by atomic mass is 16.3. The average molecular weight is 803 g/mol. The van der Waals surface area contributed by atoms with Crippen LogP contribution in [0.1, 0.15) is 0 Å². The van der Waals surface area contributed by atoms with Gasteiger partial charge in [0.25, 0.3) is 0 Å². The Morgan fingerprint density at radius 3 is 1.44 bits per heavy atom. The maximum Gasteiger partial charge on any atom is 0.164 e. The Morgan fingerprint density at radius 1 is 0.270 bits per heavy atom. The SMILES string of the molecule is c1ccc(-c2nc(-c3ccccc3)nc(-c3cccc(-c4c5c(cc6c(-c7ccc8c9ccccc9c9ccccc9c8c7)nc7ccccc7c46)oc4ccccc45)c3)n2)cc1. The van der Waals surface area contributed by atoms with Gasteiger partial charge in [0.1, 0.15) is 11.2 Å². The van der Waals surface area contributed by atoms with Crippen molar-refractivity contribution in [3.8, 4) is 56.5 Å². The number of benzene rings is 10. The van der Waals surface area contributed by atoms with Crippen molar-refractivity contribution in [2.24, 2.45) is 0 Å². The second kappa shape index (κ2) is 14.0. The summed E-state index contributed by atoms with van der Waals surface area (Å²) in [6, 6.07) is 72.1. The van der Waals surface area contributed by atoms with Crippen LogP contribution in [0.15, 0.2) is 211 Å². The quantitative estimate of drug-likeness (QED) is 0.162. The molecule has 5 nitrogen and oxygen atoms in total. The van der Waals surface area contributed by atoms with Crippen LogP contribution in [0.5, 0.6) is 0 Å². The molecule has 10 aromatic carbocycles. The van der Waals surface area contributed by atoms with Gasteiger partial charge in [0.15, 0.2) is 17.5 Å². The van der Waals surface area contributed by atoms with Crippen molar-refractivity contribution in [1.29, 1.82) is 0 Å². The number of rotatable bonds is 5. The molecule has 0 spiro atoms. The summed E-state index contributed by atoms with van der Waals surface area (Å²) >= 11 is 0. The molecular weight excluding hydrogens is 769 g/mol. The lowest BCUT2D eigenvalue weighted by Crippen LogP contribution is -2.00. The van der Waals surface area contributed by atoms with Crippen LogP contribution in [-0.2, 0) is 0 Å². The van der Waals surface area contributed by atoms with Crippen LogP contribution >= 0.6 is 0 Å². The van der Waals surface area contributed by atoms with Crippen LogP contribution < -0.4 is 0 Å². The van der Waals surface area contributed by atoms with E-state index >= 15 is 0 Å². The number of fused-ring (bicyclic) bond motifs is 12. The van der Waals surface area contributed by atoms with E-state index in [1.807, 2.05) is 66.7 Å². The first-order chi connectivity index (χ1) is 31.2. The van der Waals surface area contributed by atoms with E-state index in [0.29, 0.717) is 17.5 Å². The zero-order valence-electron chi connectivity index (χ0n) is 33.8. The molecule has 0 aliphatic rings. The van der Waals surface area contributed by atoms with Gasteiger partial charge in [0.2, 0.25) is 0 Å². The van der Waals surface area contributed by atoms with Crippen LogP contribution in [0.2, 0.25) is 0 Å². The molecule has 63 heavy (non-hydrogen) atoms. The topological polar surface area (TPSA) is 64.7 Å². The van der Waals surface area contributed by atoms with Crippen LogP contribution in [-0.4, -0.2) is 19.9 Å². The molecule has 292 valence electrons. The molecular formula is C58H34N4O. The largest absolute Gasteiger partial charge is 0.456 e. The summed E-state index contributed by atoms with van der Waals surface area (Å²) in [5, 5.41) is 12.7. The molecule has 0 unspecified atom stereocenters. The number of hydrogen-bond acceptors (Lipinski definition) is 5. The smallest absolute Gasteiger partial charge is 0.164 e. The number of pyridine rings is 1. The van der Waals surface area contributed by atoms with Gasteiger partial charge in [-0.25, -0.2) is 19.9 Å². The molecule has 0 fully saturated rings. The maximum absolute atomic E-state index is 6.79. The third-order valence-corrected chi connectivity index (χ3v) is 12.5. The Balaban J connectivity index is 1.11. The maximum atomic E-state index is 6.79. The van der Waals surface area contributed by atoms with E-state index in [0.717, 1.165) is 82.7 Å². The van der Waals surface area contributed by atoms with Crippen molar-refractivity contribution in [3.63, 3.8) is 0 Å². The number of furan rings is 1. The predicted octanol–water partition coefficient (Wildman–Crippen LogP) is 15.3. The molecule has 0 radical (unpaired) electrons. The van der Waals surface area contributed by atoms with Crippen molar-refractivity contribution in [3.05, 3.63) is 206 Å². The van der Waals surface area contributed by atoms with E-state index in [9.17, 15) is 0 Å². The highest BCUT2D eigenvalue weighted by Gasteiger charge is 2.23. The van der Waals surface area contributed by atoms with Gasteiger partial charge in [0, 0.05) is 54.7 Å². The van der Waals surface area contributed by atoms with E-state index in [1.165, 1.54) is 32.3 Å². The minimum Gasteiger partial charge on any atom is -0.456 e. The summed E-state index contributed by atoms with van der Waals surface area (Å²) in [6.07, 6.45) is 0. The lowest BCUT2D eigenvalue weighted by Gasteiger charge is -2.17. The summed E-state index contributed by atoms with van der Waals surface area (Å²) in [5.41, 5.74) is 9.34. The minimum atomic E-state index is 0.598. The summed E-state index contributed by atoms with van der Waals surface area (Å²) in [6.45, 7) is 0. The molecule has 0 N–H and O–H groups in total. The van der Waals surface area contributed by atoms with Crippen LogP contribution in [0.3, 0.4) is 0 Å². The summed E-state index contributed by atoms with van der Waals surface area (Å²) in [5.74, 6) is 1.84. The standard InChI is InChI=1S/C58H34N4O/c1-3-16-35(17-4-1)56-60-57(36-18-5-2-6-19-36)62-58(61-56)39-21-15-20-37(32-39)52-53-45-26-11-13-28-49(45)59-55(48(53)34-51-54(52)46-27-12-14-29-50(46)63-51)38-30-31-44-42-24-8-7-22-40(42)41-23-9-10-25-43(41)47(44)33-38/h1-34H. The lowest BCUT2D eigenvalue weighted by molar-refractivity contribution is 0.669. The van der Waals surface area contributed by atoms with Crippen molar-refractivity contribution in [2.75, 3.05) is 0 Å². The number of aromatic nitrogens is 4. The molecule has 0 atom stereocenters. The normalized spacial score (nSPS) is 11.8. The molecule has 0 aliphatic carbocycles. The zero-order chi connectivity index (χ0) is 41.4. The highest BCUT2D eigenvalue weighted by molar-refractivity contribution is 6.29. The number of nitrogens with zero attached hydrogens (tertiary/aromatic N) is 4. The third-order valence-electron chi connectivity index (χ3n) is 12.5. The van der Waals surface area contributed by atoms with Gasteiger partial charge in [-0.3, -0.25) is 0 Å². The van der Waals surface area contributed by atoms with Gasteiger partial charge in [-0.1, -0.05) is 176 Å². The van der Waals surface area contributed by atoms with E-state index in [4.69, 9.17) is 24.4 Å². The Labute approximate surface area is 361 Å². The summed E-state index contributed by atoms with van der Waals surface area (Å²) in [4.78, 5) is 20.7. The Morgan fingerprint density at radius 2 is 0.778 bits per heavy atom. The number of hydrogen-bond donors (Lipinski definition) is 0. The summed E-state index contributed by atoms with van der Waals surface area (Å²) in [7, 11) is 0. The molecule has 13 aromatic rings. The van der Waals surface area contributed by atoms with Gasteiger partial charge in [-0.15, -0.1) is 0 Å². The summed E-state index contributed by atoms with van der Waals surface area (Å²) < 4.78 is 6.79. The molecule has 0 aliphatic heterocycles. The van der Waals surface area contributed by atoms with E-state index in [1.54, 1.807) is 0 Å². The molecule has 5 heteroatoms. The van der Waals surface area contributed by atoms with E-state index in [2.05, 4.69) is 140 Å². The van der Waals surface area contributed by atoms with E-state index < -0.39 is 0 Å². The van der Waals surface area contributed by atoms with Gasteiger partial charge in [-0.05, 0) is 68.2 Å². The molecule has 3 aromatic heterocycles. The predicted molar refractivity (Wildman–Crippen MR) is 260 cm³/mol. The molecule has 0 amide bonds. The van der Waals surface area contributed by atoms with Gasteiger partial charge in [-0.2, -0.15) is 0 Å². The Hall–Kier alpha value is -8.54. The lowest BCUT2D eigenvalue weighted by atomic mass is 9.88. The number of para-hydroxylation sites is 2. The van der Waals surface area contributed by atoms with Gasteiger partial charge < -0.3 is 4.42 Å². The first-order valence-electron chi connectivity index (χ1n) is 21.2. The third kappa shape index (κ3) is 5.64. The Bertz CT molecular complexity index is 3880. The fourth-order valence-electron chi connectivity index (χ4n) is 9.63. The highest BCUT2D eigenvalue weighted by Crippen LogP contribution is 2.47.